The van der Waals surface area contributed by atoms with Gasteiger partial charge >= 0.3 is 0 Å². The number of ether oxygens (including phenoxy) is 1. The Kier molecular flexibility index (Phi) is 2.80. The third kappa shape index (κ3) is 1.71. The molecule has 96 valence electrons. The van der Waals surface area contributed by atoms with Crippen LogP contribution >= 0.6 is 0 Å². The number of hydrogen-bond donors (Lipinski definition) is 1. The molecule has 2 aromatic rings. The van der Waals surface area contributed by atoms with Crippen LogP contribution in [0.5, 0.6) is 0 Å². The zero-order chi connectivity index (χ0) is 12.6. The van der Waals surface area contributed by atoms with Crippen LogP contribution < -0.4 is 5.32 Å². The topological polar surface area (TPSA) is 51.5 Å². The van der Waals surface area contributed by atoms with Gasteiger partial charge in [-0.25, -0.2) is 0 Å². The smallest absolute Gasteiger partial charge is 0.169 e. The molecule has 2 aromatic heterocycles. The van der Waals surface area contributed by atoms with Crippen molar-refractivity contribution in [2.45, 2.75) is 25.4 Å². The van der Waals surface area contributed by atoms with E-state index in [-0.39, 0.29) is 5.60 Å². The second-order valence-corrected chi connectivity index (χ2v) is 4.90. The van der Waals surface area contributed by atoms with Crippen molar-refractivity contribution >= 4 is 5.65 Å². The van der Waals surface area contributed by atoms with Crippen LogP contribution in [-0.4, -0.2) is 34.8 Å². The van der Waals surface area contributed by atoms with Gasteiger partial charge in [-0.15, -0.1) is 10.2 Å². The van der Waals surface area contributed by atoms with Crippen LogP contribution in [0.1, 0.15) is 24.2 Å². The first kappa shape index (κ1) is 11.6. The van der Waals surface area contributed by atoms with Crippen LogP contribution in [0.25, 0.3) is 5.65 Å². The van der Waals surface area contributed by atoms with Gasteiger partial charge in [0.2, 0.25) is 0 Å². The van der Waals surface area contributed by atoms with E-state index in [4.69, 9.17) is 4.74 Å². The minimum Gasteiger partial charge on any atom is -0.370 e. The van der Waals surface area contributed by atoms with Crippen molar-refractivity contribution in [1.29, 1.82) is 0 Å². The van der Waals surface area contributed by atoms with Gasteiger partial charge in [-0.2, -0.15) is 0 Å². The molecule has 3 heterocycles. The van der Waals surface area contributed by atoms with Gasteiger partial charge in [0.05, 0.1) is 0 Å². The predicted octanol–water partition coefficient (Wildman–Crippen LogP) is 1.26. The molecule has 0 unspecified atom stereocenters. The fraction of sp³-hybridized carbons (Fsp3) is 0.538. The first-order chi connectivity index (χ1) is 8.75. The molecule has 0 radical (unpaired) electrons. The molecule has 0 amide bonds. The van der Waals surface area contributed by atoms with E-state index in [9.17, 15) is 0 Å². The van der Waals surface area contributed by atoms with Crippen LogP contribution in [-0.2, 0) is 10.3 Å². The molecule has 1 fully saturated rings. The first-order valence-electron chi connectivity index (χ1n) is 6.33. The van der Waals surface area contributed by atoms with E-state index in [2.05, 4.69) is 28.5 Å². The molecule has 0 aliphatic carbocycles. The molecule has 0 atom stereocenters. The van der Waals surface area contributed by atoms with E-state index in [0.29, 0.717) is 0 Å². The third-order valence-electron chi connectivity index (χ3n) is 3.77. The van der Waals surface area contributed by atoms with Crippen molar-refractivity contribution in [3.63, 3.8) is 0 Å². The molecule has 3 rings (SSSR count). The summed E-state index contributed by atoms with van der Waals surface area (Å²) in [6.45, 7) is 3.97. The van der Waals surface area contributed by atoms with E-state index in [0.717, 1.165) is 37.4 Å². The van der Waals surface area contributed by atoms with E-state index >= 15 is 0 Å². The lowest BCUT2D eigenvalue weighted by Crippen LogP contribution is -2.42. The normalized spacial score (nSPS) is 19.2. The lowest BCUT2D eigenvalue weighted by Gasteiger charge is -2.34. The largest absolute Gasteiger partial charge is 0.370 e. The summed E-state index contributed by atoms with van der Waals surface area (Å²) in [6, 6.07) is 4.12. The van der Waals surface area contributed by atoms with Crippen LogP contribution in [0.2, 0.25) is 0 Å². The second-order valence-electron chi connectivity index (χ2n) is 4.90. The van der Waals surface area contributed by atoms with Gasteiger partial charge in [0.15, 0.2) is 11.5 Å². The Morgan fingerprint density at radius 1 is 1.33 bits per heavy atom. The molecule has 5 heteroatoms. The maximum absolute atomic E-state index is 5.80. The number of nitrogens with one attached hydrogen (secondary N) is 1. The van der Waals surface area contributed by atoms with E-state index in [1.165, 1.54) is 5.56 Å². The summed E-state index contributed by atoms with van der Waals surface area (Å²) in [5, 5.41) is 12.0. The van der Waals surface area contributed by atoms with Crippen LogP contribution in [0, 0.1) is 6.92 Å². The number of hydrogen-bond acceptors (Lipinski definition) is 4. The summed E-state index contributed by atoms with van der Waals surface area (Å²) in [4.78, 5) is 0. The highest BCUT2D eigenvalue weighted by molar-refractivity contribution is 5.41. The molecule has 0 bridgehead atoms. The molecule has 1 aliphatic heterocycles. The molecule has 0 spiro atoms. The quantitative estimate of drug-likeness (QED) is 0.867. The summed E-state index contributed by atoms with van der Waals surface area (Å²) in [5.41, 5.74) is 1.78. The number of piperidine rings is 1. The molecule has 1 aliphatic rings. The van der Waals surface area contributed by atoms with Gasteiger partial charge in [-0.3, -0.25) is 4.40 Å². The number of aryl methyl sites for hydroxylation is 1. The number of methoxy groups -OCH3 is 1. The minimum atomic E-state index is -0.306. The molecular formula is C13H18N4O. The minimum absolute atomic E-state index is 0.306. The summed E-state index contributed by atoms with van der Waals surface area (Å²) in [6.07, 6.45) is 3.89. The van der Waals surface area contributed by atoms with Gasteiger partial charge in [-0.1, -0.05) is 0 Å². The summed E-state index contributed by atoms with van der Waals surface area (Å²) in [5.74, 6) is 0.918. The molecule has 1 N–H and O–H groups in total. The number of pyridine rings is 1. The standard InChI is InChI=1S/C13H18N4O/c1-10-3-8-17-11(9-10)15-16-12(17)13(18-2)4-6-14-7-5-13/h3,8-9,14H,4-7H2,1-2H3. The highest BCUT2D eigenvalue weighted by Gasteiger charge is 2.38. The molecule has 5 nitrogen and oxygen atoms in total. The Balaban J connectivity index is 2.12. The maximum atomic E-state index is 5.80. The maximum Gasteiger partial charge on any atom is 0.169 e. The number of rotatable bonds is 2. The van der Waals surface area contributed by atoms with Crippen molar-refractivity contribution < 1.29 is 4.74 Å². The number of fused-ring (bicyclic) bond motifs is 1. The highest BCUT2D eigenvalue weighted by atomic mass is 16.5. The fourth-order valence-corrected chi connectivity index (χ4v) is 2.65. The van der Waals surface area contributed by atoms with Gasteiger partial charge in [0.1, 0.15) is 5.60 Å². The van der Waals surface area contributed by atoms with Gasteiger partial charge < -0.3 is 10.1 Å². The highest BCUT2D eigenvalue weighted by Crippen LogP contribution is 2.33. The Labute approximate surface area is 106 Å². The first-order valence-corrected chi connectivity index (χ1v) is 6.33. The van der Waals surface area contributed by atoms with Crippen LogP contribution in [0.15, 0.2) is 18.3 Å². The molecule has 0 saturated carbocycles. The van der Waals surface area contributed by atoms with Crippen LogP contribution in [0.4, 0.5) is 0 Å². The van der Waals surface area contributed by atoms with E-state index in [1.54, 1.807) is 7.11 Å². The fourth-order valence-electron chi connectivity index (χ4n) is 2.65. The van der Waals surface area contributed by atoms with Crippen molar-refractivity contribution in [3.8, 4) is 0 Å². The Morgan fingerprint density at radius 2 is 2.11 bits per heavy atom. The second kappa shape index (κ2) is 4.33. The Bertz CT molecular complexity index is 557. The molecule has 18 heavy (non-hydrogen) atoms. The summed E-state index contributed by atoms with van der Waals surface area (Å²) >= 11 is 0. The van der Waals surface area contributed by atoms with Crippen molar-refractivity contribution in [3.05, 3.63) is 29.7 Å². The van der Waals surface area contributed by atoms with Gasteiger partial charge in [-0.05, 0) is 50.6 Å². The summed E-state index contributed by atoms with van der Waals surface area (Å²) < 4.78 is 7.84. The van der Waals surface area contributed by atoms with Crippen molar-refractivity contribution in [2.75, 3.05) is 20.2 Å². The van der Waals surface area contributed by atoms with Gasteiger partial charge in [0, 0.05) is 13.3 Å². The lowest BCUT2D eigenvalue weighted by atomic mass is 9.91. The van der Waals surface area contributed by atoms with Crippen molar-refractivity contribution in [2.24, 2.45) is 0 Å². The Hall–Kier alpha value is -1.46. The average molecular weight is 246 g/mol. The monoisotopic (exact) mass is 246 g/mol. The lowest BCUT2D eigenvalue weighted by molar-refractivity contribution is -0.0469. The van der Waals surface area contributed by atoms with Crippen molar-refractivity contribution in [1.82, 2.24) is 19.9 Å². The molecule has 1 saturated heterocycles. The number of nitrogens with zero attached hydrogens (tertiary/aromatic N) is 3. The predicted molar refractivity (Wildman–Crippen MR) is 68.5 cm³/mol. The summed E-state index contributed by atoms with van der Waals surface area (Å²) in [7, 11) is 1.76. The molecular weight excluding hydrogens is 228 g/mol. The zero-order valence-corrected chi connectivity index (χ0v) is 10.8. The molecule has 0 aromatic carbocycles. The van der Waals surface area contributed by atoms with Crippen LogP contribution in [0.3, 0.4) is 0 Å². The Morgan fingerprint density at radius 3 is 2.83 bits per heavy atom. The zero-order valence-electron chi connectivity index (χ0n) is 10.8. The van der Waals surface area contributed by atoms with Gasteiger partial charge in [0.25, 0.3) is 0 Å². The van der Waals surface area contributed by atoms with E-state index in [1.807, 2.05) is 16.7 Å². The van der Waals surface area contributed by atoms with E-state index < -0.39 is 0 Å². The average Bonchev–Trinajstić information content (AvgIpc) is 2.83. The number of aromatic nitrogens is 3. The third-order valence-corrected chi connectivity index (χ3v) is 3.77. The SMILES string of the molecule is COC1(c2nnc3cc(C)ccn23)CCNCC1.